The van der Waals surface area contributed by atoms with E-state index in [9.17, 15) is 8.42 Å². The first-order chi connectivity index (χ1) is 12.4. The molecular weight excluding hydrogens is 477 g/mol. The van der Waals surface area contributed by atoms with E-state index >= 15 is 0 Å². The van der Waals surface area contributed by atoms with Crippen LogP contribution in [-0.4, -0.2) is 39.5 Å². The number of nitrogens with zero attached hydrogens (tertiary/aromatic N) is 2. The average molecular weight is 503 g/mol. The number of aliphatic imine (C=N–C) groups is 1. The summed E-state index contributed by atoms with van der Waals surface area (Å²) >= 11 is 0. The van der Waals surface area contributed by atoms with Gasteiger partial charge in [-0.2, -0.15) is 0 Å². The van der Waals surface area contributed by atoms with Crippen LogP contribution in [0.5, 0.6) is 0 Å². The van der Waals surface area contributed by atoms with Gasteiger partial charge >= 0.3 is 0 Å². The molecular formula is C18H26IN5O2S. The summed E-state index contributed by atoms with van der Waals surface area (Å²) in [7, 11) is -1.87. The summed E-state index contributed by atoms with van der Waals surface area (Å²) in [4.78, 5) is 8.16. The Morgan fingerprint density at radius 3 is 2.56 bits per heavy atom. The molecule has 0 radical (unpaired) electrons. The quantitative estimate of drug-likeness (QED) is 0.233. The number of sulfonamides is 1. The number of guanidine groups is 1. The van der Waals surface area contributed by atoms with Gasteiger partial charge in [0.05, 0.1) is 6.04 Å². The van der Waals surface area contributed by atoms with Crippen molar-refractivity contribution in [3.63, 3.8) is 0 Å². The minimum atomic E-state index is -3.55. The SMILES string of the molecule is CN=C(NCCNS(=O)(=O)c1cccnc1)NC(C)c1ccccc1C.I. The molecule has 1 heterocycles. The van der Waals surface area contributed by atoms with Gasteiger partial charge in [0.25, 0.3) is 0 Å². The molecule has 2 rings (SSSR count). The molecule has 0 aliphatic heterocycles. The average Bonchev–Trinajstić information content (AvgIpc) is 2.65. The molecule has 0 saturated heterocycles. The Morgan fingerprint density at radius 2 is 1.93 bits per heavy atom. The van der Waals surface area contributed by atoms with E-state index in [1.54, 1.807) is 13.1 Å². The first kappa shape index (κ1) is 23.3. The van der Waals surface area contributed by atoms with E-state index in [1.807, 2.05) is 12.1 Å². The van der Waals surface area contributed by atoms with E-state index in [0.29, 0.717) is 12.5 Å². The highest BCUT2D eigenvalue weighted by atomic mass is 127. The maximum Gasteiger partial charge on any atom is 0.242 e. The number of pyridine rings is 1. The van der Waals surface area contributed by atoms with Crippen molar-refractivity contribution >= 4 is 40.0 Å². The Balaban J connectivity index is 0.00000364. The first-order valence-corrected chi connectivity index (χ1v) is 9.85. The van der Waals surface area contributed by atoms with Crippen LogP contribution < -0.4 is 15.4 Å². The molecule has 3 N–H and O–H groups in total. The van der Waals surface area contributed by atoms with Gasteiger partial charge in [-0.05, 0) is 37.1 Å². The van der Waals surface area contributed by atoms with Gasteiger partial charge in [-0.3, -0.25) is 9.98 Å². The second-order valence-electron chi connectivity index (χ2n) is 5.81. The molecule has 0 amide bonds. The van der Waals surface area contributed by atoms with Crippen molar-refractivity contribution in [2.75, 3.05) is 20.1 Å². The molecule has 7 nitrogen and oxygen atoms in total. The highest BCUT2D eigenvalue weighted by Gasteiger charge is 2.13. The zero-order valence-corrected chi connectivity index (χ0v) is 18.8. The maximum atomic E-state index is 12.1. The van der Waals surface area contributed by atoms with E-state index in [1.165, 1.54) is 29.6 Å². The maximum absolute atomic E-state index is 12.1. The van der Waals surface area contributed by atoms with Crippen LogP contribution in [0.2, 0.25) is 0 Å². The van der Waals surface area contributed by atoms with Crippen molar-refractivity contribution in [3.8, 4) is 0 Å². The topological polar surface area (TPSA) is 95.5 Å². The van der Waals surface area contributed by atoms with Crippen LogP contribution in [0.3, 0.4) is 0 Å². The zero-order chi connectivity index (χ0) is 19.0. The van der Waals surface area contributed by atoms with E-state index in [-0.39, 0.29) is 41.5 Å². The molecule has 2 aromatic rings. The summed E-state index contributed by atoms with van der Waals surface area (Å²) in [6, 6.07) is 11.3. The predicted octanol–water partition coefficient (Wildman–Crippen LogP) is 2.21. The summed E-state index contributed by atoms with van der Waals surface area (Å²) < 4.78 is 26.8. The highest BCUT2D eigenvalue weighted by molar-refractivity contribution is 14.0. The van der Waals surface area contributed by atoms with Gasteiger partial charge in [0.2, 0.25) is 10.0 Å². The number of hydrogen-bond acceptors (Lipinski definition) is 4. The summed E-state index contributed by atoms with van der Waals surface area (Å²) in [5.74, 6) is 0.612. The number of halogens is 1. The van der Waals surface area contributed by atoms with Crippen LogP contribution >= 0.6 is 24.0 Å². The lowest BCUT2D eigenvalue weighted by Crippen LogP contribution is -2.42. The van der Waals surface area contributed by atoms with E-state index < -0.39 is 10.0 Å². The zero-order valence-electron chi connectivity index (χ0n) is 15.6. The fraction of sp³-hybridized carbons (Fsp3) is 0.333. The van der Waals surface area contributed by atoms with Crippen LogP contribution in [-0.2, 0) is 10.0 Å². The number of rotatable bonds is 7. The minimum absolute atomic E-state index is 0. The third-order valence-electron chi connectivity index (χ3n) is 3.89. The number of aryl methyl sites for hydroxylation is 1. The van der Waals surface area contributed by atoms with Crippen LogP contribution in [0.25, 0.3) is 0 Å². The fourth-order valence-corrected chi connectivity index (χ4v) is 3.50. The Morgan fingerprint density at radius 1 is 1.19 bits per heavy atom. The molecule has 1 unspecified atom stereocenters. The summed E-state index contributed by atoms with van der Waals surface area (Å²) in [5.41, 5.74) is 2.39. The predicted molar refractivity (Wildman–Crippen MR) is 119 cm³/mol. The number of hydrogen-bond donors (Lipinski definition) is 3. The molecule has 1 atom stereocenters. The largest absolute Gasteiger partial charge is 0.355 e. The Bertz CT molecular complexity index is 844. The van der Waals surface area contributed by atoms with Crippen molar-refractivity contribution in [3.05, 3.63) is 59.9 Å². The van der Waals surface area contributed by atoms with Gasteiger partial charge in [-0.25, -0.2) is 13.1 Å². The lowest BCUT2D eigenvalue weighted by atomic mass is 10.0. The first-order valence-electron chi connectivity index (χ1n) is 8.36. The van der Waals surface area contributed by atoms with Crippen molar-refractivity contribution < 1.29 is 8.42 Å². The molecule has 1 aromatic carbocycles. The van der Waals surface area contributed by atoms with Crippen molar-refractivity contribution in [1.82, 2.24) is 20.3 Å². The Kier molecular flexibility index (Phi) is 9.67. The highest BCUT2D eigenvalue weighted by Crippen LogP contribution is 2.16. The van der Waals surface area contributed by atoms with Gasteiger partial charge < -0.3 is 10.6 Å². The third-order valence-corrected chi connectivity index (χ3v) is 5.33. The second kappa shape index (κ2) is 11.2. The number of benzene rings is 1. The van der Waals surface area contributed by atoms with Crippen molar-refractivity contribution in [2.45, 2.75) is 24.8 Å². The van der Waals surface area contributed by atoms with E-state index in [0.717, 1.165) is 0 Å². The molecule has 0 spiro atoms. The Hall–Kier alpha value is -1.72. The molecule has 0 aliphatic carbocycles. The number of aromatic nitrogens is 1. The molecule has 0 aliphatic rings. The lowest BCUT2D eigenvalue weighted by Gasteiger charge is -2.20. The summed E-state index contributed by atoms with van der Waals surface area (Å²) in [6.45, 7) is 4.76. The Labute approximate surface area is 178 Å². The minimum Gasteiger partial charge on any atom is -0.355 e. The van der Waals surface area contributed by atoms with Crippen LogP contribution in [0, 0.1) is 6.92 Å². The van der Waals surface area contributed by atoms with Crippen LogP contribution in [0.1, 0.15) is 24.1 Å². The fourth-order valence-electron chi connectivity index (χ4n) is 2.51. The molecule has 9 heteroatoms. The summed E-state index contributed by atoms with van der Waals surface area (Å²) in [5, 5.41) is 6.41. The van der Waals surface area contributed by atoms with Gasteiger partial charge in [0, 0.05) is 32.5 Å². The van der Waals surface area contributed by atoms with Gasteiger partial charge in [0.15, 0.2) is 5.96 Å². The standard InChI is InChI=1S/C18H25N5O2S.HI/c1-14-7-4-5-9-17(14)15(2)23-18(19-3)21-11-12-22-26(24,25)16-8-6-10-20-13-16;/h4-10,13,15,22H,11-12H2,1-3H3,(H2,19,21,23);1H. The second-order valence-corrected chi connectivity index (χ2v) is 7.58. The lowest BCUT2D eigenvalue weighted by molar-refractivity contribution is 0.579. The molecule has 148 valence electrons. The molecule has 1 aromatic heterocycles. The van der Waals surface area contributed by atoms with Crippen molar-refractivity contribution in [2.24, 2.45) is 4.99 Å². The third kappa shape index (κ3) is 7.07. The summed E-state index contributed by atoms with van der Waals surface area (Å²) in [6.07, 6.45) is 2.85. The normalized spacial score (nSPS) is 12.8. The van der Waals surface area contributed by atoms with Crippen LogP contribution in [0.4, 0.5) is 0 Å². The van der Waals surface area contributed by atoms with E-state index in [2.05, 4.69) is 51.3 Å². The van der Waals surface area contributed by atoms with E-state index in [4.69, 9.17) is 0 Å². The molecule has 0 saturated carbocycles. The van der Waals surface area contributed by atoms with Crippen LogP contribution in [0.15, 0.2) is 58.7 Å². The molecule has 27 heavy (non-hydrogen) atoms. The smallest absolute Gasteiger partial charge is 0.242 e. The van der Waals surface area contributed by atoms with Gasteiger partial charge in [0.1, 0.15) is 4.90 Å². The van der Waals surface area contributed by atoms with Gasteiger partial charge in [-0.15, -0.1) is 24.0 Å². The van der Waals surface area contributed by atoms with Crippen molar-refractivity contribution in [1.29, 1.82) is 0 Å². The number of nitrogens with one attached hydrogen (secondary N) is 3. The molecule has 0 fully saturated rings. The van der Waals surface area contributed by atoms with Gasteiger partial charge in [-0.1, -0.05) is 24.3 Å². The molecule has 0 bridgehead atoms. The monoisotopic (exact) mass is 503 g/mol.